The first-order valence-corrected chi connectivity index (χ1v) is 5.70. The molecule has 0 aromatic carbocycles. The lowest BCUT2D eigenvalue weighted by atomic mass is 10.0. The molecule has 3 N–H and O–H groups in total. The van der Waals surface area contributed by atoms with Crippen LogP contribution in [0.1, 0.15) is 29.9 Å². The largest absolute Gasteiger partial charge is 0.467 e. The summed E-state index contributed by atoms with van der Waals surface area (Å²) in [5, 5.41) is 6.05. The Hall–Kier alpha value is -2.12. The highest BCUT2D eigenvalue weighted by molar-refractivity contribution is 5.94. The molecule has 0 spiro atoms. The summed E-state index contributed by atoms with van der Waals surface area (Å²) < 4.78 is 4.71. The predicted molar refractivity (Wildman–Crippen MR) is 61.5 cm³/mol. The fraction of sp³-hybridized carbons (Fsp3) is 0.600. The second kappa shape index (κ2) is 5.03. The van der Waals surface area contributed by atoms with Crippen LogP contribution in [0.15, 0.2) is 0 Å². The molecular formula is C10H15N5O3. The maximum atomic E-state index is 12.2. The summed E-state index contributed by atoms with van der Waals surface area (Å²) in [6.07, 6.45) is 2.34. The van der Waals surface area contributed by atoms with Crippen molar-refractivity contribution in [1.82, 2.24) is 20.1 Å². The first kappa shape index (κ1) is 12.3. The van der Waals surface area contributed by atoms with E-state index in [1.54, 1.807) is 0 Å². The number of hydrogen-bond donors (Lipinski definition) is 2. The van der Waals surface area contributed by atoms with Crippen LogP contribution in [-0.2, 0) is 9.53 Å². The van der Waals surface area contributed by atoms with E-state index in [1.165, 1.54) is 12.0 Å². The van der Waals surface area contributed by atoms with Gasteiger partial charge in [0.05, 0.1) is 7.11 Å². The Balaban J connectivity index is 2.18. The maximum Gasteiger partial charge on any atom is 0.328 e. The van der Waals surface area contributed by atoms with Gasteiger partial charge in [-0.25, -0.2) is 4.79 Å². The normalized spacial score (nSPS) is 19.6. The Morgan fingerprint density at radius 3 is 2.89 bits per heavy atom. The van der Waals surface area contributed by atoms with Crippen LogP contribution in [0, 0.1) is 0 Å². The summed E-state index contributed by atoms with van der Waals surface area (Å²) in [6, 6.07) is -0.553. The summed E-state index contributed by atoms with van der Waals surface area (Å²) in [5.74, 6) is -0.738. The molecule has 1 aromatic heterocycles. The molecule has 0 bridgehead atoms. The molecule has 0 saturated carbocycles. The number of nitrogens with one attached hydrogen (secondary N) is 1. The van der Waals surface area contributed by atoms with Crippen molar-refractivity contribution in [2.24, 2.45) is 0 Å². The van der Waals surface area contributed by atoms with Crippen LogP contribution in [0.2, 0.25) is 0 Å². The molecule has 2 rings (SSSR count). The third-order valence-electron chi connectivity index (χ3n) is 2.94. The SMILES string of the molecule is COC(=O)C1CCCCN1C(=O)c1nc(N)n[nH]1. The van der Waals surface area contributed by atoms with Gasteiger partial charge in [-0.2, -0.15) is 4.98 Å². The fourth-order valence-electron chi connectivity index (χ4n) is 2.06. The third kappa shape index (κ3) is 2.27. The van der Waals surface area contributed by atoms with E-state index in [0.717, 1.165) is 12.8 Å². The molecule has 1 aromatic rings. The van der Waals surface area contributed by atoms with Crippen LogP contribution >= 0.6 is 0 Å². The Morgan fingerprint density at radius 2 is 2.28 bits per heavy atom. The zero-order valence-corrected chi connectivity index (χ0v) is 10.0. The van der Waals surface area contributed by atoms with Gasteiger partial charge in [0.25, 0.3) is 5.91 Å². The van der Waals surface area contributed by atoms with Gasteiger partial charge in [0.1, 0.15) is 6.04 Å². The van der Waals surface area contributed by atoms with Gasteiger partial charge in [-0.15, -0.1) is 5.10 Å². The highest BCUT2D eigenvalue weighted by Crippen LogP contribution is 2.19. The van der Waals surface area contributed by atoms with Gasteiger partial charge in [0.15, 0.2) is 0 Å². The second-order valence-electron chi connectivity index (χ2n) is 4.08. The number of methoxy groups -OCH3 is 1. The van der Waals surface area contributed by atoms with Gasteiger partial charge >= 0.3 is 5.97 Å². The number of ether oxygens (including phenoxy) is 1. The van der Waals surface area contributed by atoms with E-state index in [-0.39, 0.29) is 17.7 Å². The molecule has 0 radical (unpaired) electrons. The molecule has 1 unspecified atom stereocenters. The van der Waals surface area contributed by atoms with Crippen LogP contribution in [0.3, 0.4) is 0 Å². The number of likely N-dealkylation sites (tertiary alicyclic amines) is 1. The molecular weight excluding hydrogens is 238 g/mol. The number of rotatable bonds is 2. The van der Waals surface area contributed by atoms with Gasteiger partial charge in [0.2, 0.25) is 11.8 Å². The van der Waals surface area contributed by atoms with Crippen LogP contribution in [0.4, 0.5) is 5.95 Å². The first-order chi connectivity index (χ1) is 8.63. The predicted octanol–water partition coefficient (Wildman–Crippen LogP) is -0.445. The molecule has 1 aliphatic heterocycles. The molecule has 1 atom stereocenters. The number of aromatic amines is 1. The molecule has 1 amide bonds. The van der Waals surface area contributed by atoms with E-state index < -0.39 is 12.0 Å². The summed E-state index contributed by atoms with van der Waals surface area (Å²) in [6.45, 7) is 0.499. The van der Waals surface area contributed by atoms with Crippen molar-refractivity contribution in [2.45, 2.75) is 25.3 Å². The zero-order chi connectivity index (χ0) is 13.1. The number of aromatic nitrogens is 3. The number of H-pyrrole nitrogens is 1. The number of carbonyl (C=O) groups is 2. The van der Waals surface area contributed by atoms with Crippen molar-refractivity contribution >= 4 is 17.8 Å². The lowest BCUT2D eigenvalue weighted by molar-refractivity contribution is -0.147. The van der Waals surface area contributed by atoms with Crippen molar-refractivity contribution in [1.29, 1.82) is 0 Å². The molecule has 0 aliphatic carbocycles. The molecule has 1 aliphatic rings. The topological polar surface area (TPSA) is 114 Å². The lowest BCUT2D eigenvalue weighted by Gasteiger charge is -2.32. The Morgan fingerprint density at radius 1 is 1.50 bits per heavy atom. The van der Waals surface area contributed by atoms with Crippen molar-refractivity contribution in [3.8, 4) is 0 Å². The Kier molecular flexibility index (Phi) is 3.45. The smallest absolute Gasteiger partial charge is 0.328 e. The number of nitrogen functional groups attached to an aromatic ring is 1. The minimum atomic E-state index is -0.553. The average molecular weight is 253 g/mol. The number of esters is 1. The van der Waals surface area contributed by atoms with E-state index in [9.17, 15) is 9.59 Å². The molecule has 18 heavy (non-hydrogen) atoms. The van der Waals surface area contributed by atoms with Crippen LogP contribution in [0.5, 0.6) is 0 Å². The van der Waals surface area contributed by atoms with Gasteiger partial charge in [0, 0.05) is 6.54 Å². The number of nitrogens with two attached hydrogens (primary N) is 1. The van der Waals surface area contributed by atoms with Gasteiger partial charge < -0.3 is 15.4 Å². The number of hydrogen-bond acceptors (Lipinski definition) is 6. The molecule has 2 heterocycles. The van der Waals surface area contributed by atoms with Crippen LogP contribution < -0.4 is 5.73 Å². The molecule has 1 fully saturated rings. The van der Waals surface area contributed by atoms with E-state index >= 15 is 0 Å². The first-order valence-electron chi connectivity index (χ1n) is 5.70. The average Bonchev–Trinajstić information content (AvgIpc) is 2.83. The van der Waals surface area contributed by atoms with E-state index in [4.69, 9.17) is 10.5 Å². The Bertz CT molecular complexity index is 458. The van der Waals surface area contributed by atoms with Crippen molar-refractivity contribution in [3.63, 3.8) is 0 Å². The monoisotopic (exact) mass is 253 g/mol. The minimum absolute atomic E-state index is 0.00461. The van der Waals surface area contributed by atoms with Gasteiger partial charge in [-0.05, 0) is 19.3 Å². The van der Waals surface area contributed by atoms with Gasteiger partial charge in [-0.1, -0.05) is 0 Å². The summed E-state index contributed by atoms with van der Waals surface area (Å²) in [7, 11) is 1.31. The highest BCUT2D eigenvalue weighted by Gasteiger charge is 2.34. The van der Waals surface area contributed by atoms with E-state index in [2.05, 4.69) is 15.2 Å². The lowest BCUT2D eigenvalue weighted by Crippen LogP contribution is -2.48. The number of amides is 1. The van der Waals surface area contributed by atoms with Crippen molar-refractivity contribution in [2.75, 3.05) is 19.4 Å². The number of nitrogens with zero attached hydrogens (tertiary/aromatic N) is 3. The molecule has 98 valence electrons. The third-order valence-corrected chi connectivity index (χ3v) is 2.94. The Labute approximate surface area is 103 Å². The molecule has 8 nitrogen and oxygen atoms in total. The summed E-state index contributed by atoms with van der Waals surface area (Å²) >= 11 is 0. The van der Waals surface area contributed by atoms with E-state index in [1.807, 2.05) is 0 Å². The van der Waals surface area contributed by atoms with Crippen LogP contribution in [-0.4, -0.2) is 51.7 Å². The minimum Gasteiger partial charge on any atom is -0.467 e. The quantitative estimate of drug-likeness (QED) is 0.690. The maximum absolute atomic E-state index is 12.2. The highest BCUT2D eigenvalue weighted by atomic mass is 16.5. The van der Waals surface area contributed by atoms with Crippen LogP contribution in [0.25, 0.3) is 0 Å². The molecule has 8 heteroatoms. The summed E-state index contributed by atoms with van der Waals surface area (Å²) in [4.78, 5) is 29.0. The second-order valence-corrected chi connectivity index (χ2v) is 4.08. The summed E-state index contributed by atoms with van der Waals surface area (Å²) in [5.41, 5.74) is 5.35. The van der Waals surface area contributed by atoms with Gasteiger partial charge in [-0.3, -0.25) is 9.89 Å². The van der Waals surface area contributed by atoms with Crippen molar-refractivity contribution in [3.05, 3.63) is 5.82 Å². The number of carbonyl (C=O) groups excluding carboxylic acids is 2. The van der Waals surface area contributed by atoms with E-state index in [0.29, 0.717) is 13.0 Å². The fourth-order valence-corrected chi connectivity index (χ4v) is 2.06. The number of anilines is 1. The molecule has 1 saturated heterocycles. The number of piperidine rings is 1. The standard InChI is InChI=1S/C10H15N5O3/c1-18-9(17)6-4-2-3-5-15(6)8(16)7-12-10(11)14-13-7/h6H,2-5H2,1H3,(H3,11,12,13,14). The van der Waals surface area contributed by atoms with Crippen molar-refractivity contribution < 1.29 is 14.3 Å². The zero-order valence-electron chi connectivity index (χ0n) is 10.0.